The summed E-state index contributed by atoms with van der Waals surface area (Å²) in [6, 6.07) is 8.54. The molecule has 1 saturated heterocycles. The molecule has 1 aliphatic heterocycles. The van der Waals surface area contributed by atoms with E-state index in [-0.39, 0.29) is 17.6 Å². The first-order valence-corrected chi connectivity index (χ1v) is 10.5. The van der Waals surface area contributed by atoms with E-state index in [0.717, 1.165) is 35.2 Å². The fourth-order valence-corrected chi connectivity index (χ4v) is 3.81. The second-order valence-electron chi connectivity index (χ2n) is 8.16. The van der Waals surface area contributed by atoms with E-state index in [4.69, 9.17) is 4.74 Å². The quantitative estimate of drug-likeness (QED) is 0.622. The van der Waals surface area contributed by atoms with Crippen molar-refractivity contribution in [2.75, 3.05) is 24.6 Å². The monoisotopic (exact) mass is 421 g/mol. The predicted molar refractivity (Wildman–Crippen MR) is 114 cm³/mol. The number of aromatic amines is 1. The third kappa shape index (κ3) is 4.10. The number of carbonyl (C=O) groups excluding carboxylic acids is 1. The second kappa shape index (κ2) is 8.02. The van der Waals surface area contributed by atoms with Crippen LogP contribution >= 0.6 is 0 Å². The van der Waals surface area contributed by atoms with Gasteiger partial charge in [0.2, 0.25) is 0 Å². The van der Waals surface area contributed by atoms with Crippen molar-refractivity contribution in [2.24, 2.45) is 5.92 Å². The lowest BCUT2D eigenvalue weighted by atomic mass is 10.1. The Hall–Kier alpha value is -3.42. The van der Waals surface area contributed by atoms with Crippen LogP contribution in [0, 0.1) is 18.7 Å². The number of aromatic nitrogens is 3. The lowest BCUT2D eigenvalue weighted by Crippen LogP contribution is -2.32. The Morgan fingerprint density at radius 3 is 2.84 bits per heavy atom. The molecule has 2 aromatic heterocycles. The molecule has 2 aliphatic rings. The molecular weight excluding hydrogens is 397 g/mol. The summed E-state index contributed by atoms with van der Waals surface area (Å²) in [6.45, 7) is 4.02. The Bertz CT molecular complexity index is 1100. The molecule has 1 aromatic carbocycles. The minimum Gasteiger partial charge on any atom is -0.490 e. The Balaban J connectivity index is 1.28. The van der Waals surface area contributed by atoms with Gasteiger partial charge in [-0.15, -0.1) is 0 Å². The first kappa shape index (κ1) is 19.5. The van der Waals surface area contributed by atoms with Crippen molar-refractivity contribution in [1.29, 1.82) is 0 Å². The minimum atomic E-state index is -0.365. The summed E-state index contributed by atoms with van der Waals surface area (Å²) in [6.07, 6.45) is 5.86. The smallest absolute Gasteiger partial charge is 0.326 e. The topological polar surface area (TPSA) is 74.3 Å². The van der Waals surface area contributed by atoms with Crippen LogP contribution in [-0.2, 0) is 6.54 Å². The Morgan fingerprint density at radius 2 is 2.10 bits per heavy atom. The summed E-state index contributed by atoms with van der Waals surface area (Å²) in [4.78, 5) is 21.1. The predicted octanol–water partition coefficient (Wildman–Crippen LogP) is 4.15. The van der Waals surface area contributed by atoms with E-state index in [1.165, 1.54) is 6.07 Å². The van der Waals surface area contributed by atoms with E-state index < -0.39 is 0 Å². The number of anilines is 1. The van der Waals surface area contributed by atoms with Gasteiger partial charge in [-0.25, -0.2) is 14.2 Å². The number of nitrogens with one attached hydrogen (secondary N) is 1. The van der Waals surface area contributed by atoms with Crippen molar-refractivity contribution in [1.82, 2.24) is 20.1 Å². The number of hydrogen-bond donors (Lipinski definition) is 1. The first-order chi connectivity index (χ1) is 15.1. The van der Waals surface area contributed by atoms with Crippen LogP contribution in [0.4, 0.5) is 15.0 Å². The van der Waals surface area contributed by atoms with Crippen molar-refractivity contribution in [2.45, 2.75) is 26.3 Å². The fourth-order valence-electron chi connectivity index (χ4n) is 3.81. The average Bonchev–Trinajstić information content (AvgIpc) is 3.30. The number of H-pyrrole nitrogens is 1. The van der Waals surface area contributed by atoms with Gasteiger partial charge in [0.05, 0.1) is 12.8 Å². The van der Waals surface area contributed by atoms with Gasteiger partial charge < -0.3 is 9.64 Å². The SMILES string of the molecule is Cc1nc(N2CCN(Cc3ccc(F)c(OCC4CC4)c3)C2=O)ccc1-c1cn[nH]c1. The highest BCUT2D eigenvalue weighted by molar-refractivity contribution is 5.93. The van der Waals surface area contributed by atoms with Gasteiger partial charge in [-0.1, -0.05) is 6.07 Å². The summed E-state index contributed by atoms with van der Waals surface area (Å²) in [5, 5.41) is 6.78. The van der Waals surface area contributed by atoms with E-state index in [0.29, 0.717) is 38.0 Å². The number of carbonyl (C=O) groups is 1. The zero-order valence-corrected chi connectivity index (χ0v) is 17.3. The Kier molecular flexibility index (Phi) is 5.05. The molecule has 8 heteroatoms. The van der Waals surface area contributed by atoms with Crippen molar-refractivity contribution in [3.8, 4) is 16.9 Å². The highest BCUT2D eigenvalue weighted by Gasteiger charge is 2.31. The van der Waals surface area contributed by atoms with Gasteiger partial charge in [0, 0.05) is 42.7 Å². The molecule has 1 N–H and O–H groups in total. The van der Waals surface area contributed by atoms with Crippen LogP contribution in [0.2, 0.25) is 0 Å². The molecule has 5 rings (SSSR count). The van der Waals surface area contributed by atoms with E-state index >= 15 is 0 Å². The maximum atomic E-state index is 14.1. The van der Waals surface area contributed by atoms with Crippen LogP contribution in [0.5, 0.6) is 5.75 Å². The van der Waals surface area contributed by atoms with Gasteiger partial charge in [0.1, 0.15) is 5.82 Å². The number of rotatable bonds is 7. The first-order valence-electron chi connectivity index (χ1n) is 10.5. The number of pyridine rings is 1. The zero-order valence-electron chi connectivity index (χ0n) is 17.3. The Labute approximate surface area is 179 Å². The molecule has 7 nitrogen and oxygen atoms in total. The van der Waals surface area contributed by atoms with Crippen molar-refractivity contribution < 1.29 is 13.9 Å². The molecule has 0 atom stereocenters. The molecule has 160 valence electrons. The molecule has 0 radical (unpaired) electrons. The Morgan fingerprint density at radius 1 is 1.23 bits per heavy atom. The highest BCUT2D eigenvalue weighted by atomic mass is 19.1. The maximum Gasteiger partial charge on any atom is 0.326 e. The van der Waals surface area contributed by atoms with Crippen molar-refractivity contribution in [3.05, 3.63) is 59.8 Å². The molecule has 1 saturated carbocycles. The second-order valence-corrected chi connectivity index (χ2v) is 8.16. The number of halogens is 1. The van der Waals surface area contributed by atoms with E-state index in [1.807, 2.05) is 25.3 Å². The number of benzene rings is 1. The third-order valence-electron chi connectivity index (χ3n) is 5.79. The summed E-state index contributed by atoms with van der Waals surface area (Å²) < 4.78 is 19.7. The molecule has 0 unspecified atom stereocenters. The van der Waals surface area contributed by atoms with E-state index in [1.54, 1.807) is 28.1 Å². The number of aryl methyl sites for hydroxylation is 1. The van der Waals surface area contributed by atoms with Gasteiger partial charge in [0.25, 0.3) is 0 Å². The molecule has 3 heterocycles. The third-order valence-corrected chi connectivity index (χ3v) is 5.79. The van der Waals surface area contributed by atoms with Crippen LogP contribution in [-0.4, -0.2) is 45.8 Å². The zero-order chi connectivity index (χ0) is 21.4. The molecular formula is C23H24FN5O2. The minimum absolute atomic E-state index is 0.104. The van der Waals surface area contributed by atoms with Gasteiger partial charge >= 0.3 is 6.03 Å². The number of ether oxygens (including phenoxy) is 1. The van der Waals surface area contributed by atoms with Gasteiger partial charge in [-0.05, 0) is 55.5 Å². The van der Waals surface area contributed by atoms with Gasteiger partial charge in [-0.2, -0.15) is 5.10 Å². The number of amides is 2. The van der Waals surface area contributed by atoms with Gasteiger partial charge in [-0.3, -0.25) is 10.00 Å². The molecule has 3 aromatic rings. The summed E-state index contributed by atoms with van der Waals surface area (Å²) in [5.41, 5.74) is 3.62. The van der Waals surface area contributed by atoms with E-state index in [9.17, 15) is 9.18 Å². The molecule has 2 fully saturated rings. The lowest BCUT2D eigenvalue weighted by Gasteiger charge is -2.19. The number of urea groups is 1. The number of nitrogens with zero attached hydrogens (tertiary/aromatic N) is 4. The molecule has 0 spiro atoms. The summed E-state index contributed by atoms with van der Waals surface area (Å²) >= 11 is 0. The molecule has 2 amide bonds. The largest absolute Gasteiger partial charge is 0.490 e. The van der Waals surface area contributed by atoms with Crippen LogP contribution < -0.4 is 9.64 Å². The van der Waals surface area contributed by atoms with Crippen molar-refractivity contribution in [3.63, 3.8) is 0 Å². The van der Waals surface area contributed by atoms with E-state index in [2.05, 4.69) is 15.2 Å². The van der Waals surface area contributed by atoms with Crippen LogP contribution in [0.1, 0.15) is 24.1 Å². The van der Waals surface area contributed by atoms with Crippen LogP contribution in [0.3, 0.4) is 0 Å². The fraction of sp³-hybridized carbons (Fsp3) is 0.348. The highest BCUT2D eigenvalue weighted by Crippen LogP contribution is 2.31. The molecule has 1 aliphatic carbocycles. The maximum absolute atomic E-state index is 14.1. The number of hydrogen-bond acceptors (Lipinski definition) is 4. The lowest BCUT2D eigenvalue weighted by molar-refractivity contribution is 0.218. The standard InChI is InChI=1S/C23H24FN5O2/c1-15-19(18-11-25-26-12-18)5-7-22(27-15)29-9-8-28(23(29)30)13-17-4-6-20(24)21(10-17)31-14-16-2-3-16/h4-7,10-12,16H,2-3,8-9,13-14H2,1H3,(H,25,26). The summed E-state index contributed by atoms with van der Waals surface area (Å²) in [7, 11) is 0. The van der Waals surface area contributed by atoms with Crippen molar-refractivity contribution >= 4 is 11.8 Å². The van der Waals surface area contributed by atoms with Crippen LogP contribution in [0.15, 0.2) is 42.7 Å². The summed E-state index contributed by atoms with van der Waals surface area (Å²) in [5.74, 6) is 1.08. The molecule has 31 heavy (non-hydrogen) atoms. The van der Waals surface area contributed by atoms with Gasteiger partial charge in [0.15, 0.2) is 11.6 Å². The average molecular weight is 421 g/mol. The van der Waals surface area contributed by atoms with Crippen LogP contribution in [0.25, 0.3) is 11.1 Å². The normalized spacial score (nSPS) is 16.3. The molecule has 0 bridgehead atoms.